The molecule has 0 bridgehead atoms. The summed E-state index contributed by atoms with van der Waals surface area (Å²) in [6.45, 7) is 1.51. The molecule has 1 aliphatic carbocycles. The number of methoxy groups -OCH3 is 1. The van der Waals surface area contributed by atoms with Crippen molar-refractivity contribution < 1.29 is 33.8 Å². The lowest BCUT2D eigenvalue weighted by Crippen LogP contribution is -2.54. The van der Waals surface area contributed by atoms with Gasteiger partial charge >= 0.3 is 5.97 Å². The summed E-state index contributed by atoms with van der Waals surface area (Å²) in [6.07, 6.45) is 10.8. The van der Waals surface area contributed by atoms with Crippen molar-refractivity contribution >= 4 is 34.6 Å². The molecule has 2 N–H and O–H groups in total. The zero-order chi connectivity index (χ0) is 36.2. The molecule has 0 radical (unpaired) electrons. The summed E-state index contributed by atoms with van der Waals surface area (Å²) in [5.41, 5.74) is 1.04. The number of hydrogen-bond acceptors (Lipinski definition) is 7. The first kappa shape index (κ1) is 35.5. The van der Waals surface area contributed by atoms with E-state index in [2.05, 4.69) is 5.32 Å². The van der Waals surface area contributed by atoms with Crippen molar-refractivity contribution in [3.63, 3.8) is 0 Å². The molecule has 7 rings (SSSR count). The van der Waals surface area contributed by atoms with Crippen LogP contribution in [0.4, 0.5) is 0 Å². The van der Waals surface area contributed by atoms with E-state index in [-0.39, 0.29) is 37.1 Å². The Morgan fingerprint density at radius 2 is 1.79 bits per heavy atom. The van der Waals surface area contributed by atoms with E-state index in [1.165, 1.54) is 0 Å². The monoisotopic (exact) mass is 708 g/mol. The zero-order valence-electron chi connectivity index (χ0n) is 29.8. The van der Waals surface area contributed by atoms with Gasteiger partial charge in [0, 0.05) is 60.8 Å². The number of hydrogen-bond donors (Lipinski definition) is 2. The fourth-order valence-electron chi connectivity index (χ4n) is 8.10. The second-order valence-corrected chi connectivity index (χ2v) is 14.7. The number of piperidine rings is 1. The number of aromatic nitrogens is 1. The molecule has 3 aliphatic heterocycles. The number of benzene rings is 2. The molecule has 2 saturated heterocycles. The summed E-state index contributed by atoms with van der Waals surface area (Å²) in [5.74, 6) is -1.74. The average molecular weight is 709 g/mol. The van der Waals surface area contributed by atoms with Crippen LogP contribution in [0.5, 0.6) is 11.5 Å². The third-order valence-electron chi connectivity index (χ3n) is 11.2. The number of carbonyl (C=O) groups is 4. The molecule has 1 aromatic heterocycles. The van der Waals surface area contributed by atoms with Crippen LogP contribution in [0.15, 0.2) is 66.7 Å². The Balaban J connectivity index is 1.19. The van der Waals surface area contributed by atoms with Crippen molar-refractivity contribution in [3.05, 3.63) is 66.7 Å². The van der Waals surface area contributed by atoms with Gasteiger partial charge in [-0.05, 0) is 57.1 Å². The van der Waals surface area contributed by atoms with Crippen LogP contribution in [-0.4, -0.2) is 88.0 Å². The molecule has 2 aromatic carbocycles. The molecule has 0 unspecified atom stereocenters. The lowest BCUT2D eigenvalue weighted by molar-refractivity contribution is -0.147. The Labute approximate surface area is 304 Å². The molecule has 0 spiro atoms. The van der Waals surface area contributed by atoms with Crippen molar-refractivity contribution in [1.82, 2.24) is 20.1 Å². The molecule has 3 amide bonds. The summed E-state index contributed by atoms with van der Waals surface area (Å²) < 4.78 is 12.3. The van der Waals surface area contributed by atoms with Gasteiger partial charge in [-0.15, -0.1) is 0 Å². The number of carbonyl (C=O) groups excluding carboxylic acids is 3. The third-order valence-corrected chi connectivity index (χ3v) is 11.2. The fraction of sp³-hybridized carbons (Fsp3) is 0.488. The second-order valence-electron chi connectivity index (χ2n) is 14.7. The number of nitrogens with one attached hydrogen (secondary N) is 1. The van der Waals surface area contributed by atoms with Crippen LogP contribution in [-0.2, 0) is 19.2 Å². The molecule has 5 atom stereocenters. The SMILES string of the molecule is COc1cc(O[C@@H]2C[C@H]3C(=O)N[C@]4(C(=O)O)C[C@H]4/C=C\CCCCC[C@H](CC(=O)N4CCCCC4)C(=O)N3C2)c2ccc(-c3ccccc3)nc2c1. The predicted octanol–water partition coefficient (Wildman–Crippen LogP) is 5.76. The molecule has 3 aromatic rings. The number of pyridine rings is 1. The van der Waals surface area contributed by atoms with Gasteiger partial charge in [0.2, 0.25) is 17.7 Å². The summed E-state index contributed by atoms with van der Waals surface area (Å²) in [4.78, 5) is 63.1. The van der Waals surface area contributed by atoms with E-state index >= 15 is 0 Å². The summed E-state index contributed by atoms with van der Waals surface area (Å²) in [7, 11) is 1.57. The molecule has 1 saturated carbocycles. The highest BCUT2D eigenvalue weighted by molar-refractivity contribution is 5.96. The molecule has 4 aliphatic rings. The zero-order valence-corrected chi connectivity index (χ0v) is 29.8. The van der Waals surface area contributed by atoms with E-state index in [0.29, 0.717) is 42.9 Å². The molecular formula is C41H48N4O7. The molecular weight excluding hydrogens is 660 g/mol. The van der Waals surface area contributed by atoms with E-state index in [1.54, 1.807) is 18.1 Å². The Morgan fingerprint density at radius 1 is 1.00 bits per heavy atom. The van der Waals surface area contributed by atoms with Crippen LogP contribution >= 0.6 is 0 Å². The maximum atomic E-state index is 14.6. The van der Waals surface area contributed by atoms with E-state index < -0.39 is 35.5 Å². The van der Waals surface area contributed by atoms with Gasteiger partial charge in [-0.1, -0.05) is 55.3 Å². The molecule has 11 nitrogen and oxygen atoms in total. The standard InChI is InChI=1S/C41H48N4O7/c1-51-30-22-34-32(17-18-33(42-34)27-13-8-5-9-14-27)36(24-30)52-31-23-35-38(47)43-41(40(49)50)25-29(41)16-10-4-2-3-7-15-28(39(48)45(35)26-31)21-37(46)44-19-11-6-12-20-44/h5,8-10,13-14,16-18,22,24,28-29,31,35H,2-4,6-7,11-12,15,19-21,23,25-26H2,1H3,(H,43,47)(H,49,50)/b16-10-/t28-,29-,31-,35+,41-/m1/s1. The number of carboxylic acid groups (broad SMARTS) is 1. The second kappa shape index (κ2) is 15.4. The van der Waals surface area contributed by atoms with Crippen LogP contribution in [0.25, 0.3) is 22.2 Å². The number of fused-ring (bicyclic) bond motifs is 3. The topological polar surface area (TPSA) is 138 Å². The number of nitrogens with zero attached hydrogens (tertiary/aromatic N) is 3. The van der Waals surface area contributed by atoms with E-state index in [1.807, 2.05) is 65.6 Å². The quantitative estimate of drug-likeness (QED) is 0.296. The highest BCUT2D eigenvalue weighted by Gasteiger charge is 2.61. The number of carboxylic acids is 1. The summed E-state index contributed by atoms with van der Waals surface area (Å²) >= 11 is 0. The summed E-state index contributed by atoms with van der Waals surface area (Å²) in [6, 6.07) is 16.4. The van der Waals surface area contributed by atoms with E-state index in [9.17, 15) is 24.3 Å². The Bertz CT molecular complexity index is 1840. The van der Waals surface area contributed by atoms with Crippen LogP contribution < -0.4 is 14.8 Å². The number of rotatable bonds is 7. The highest BCUT2D eigenvalue weighted by Crippen LogP contribution is 2.45. The first-order valence-electron chi connectivity index (χ1n) is 18.8. The lowest BCUT2D eigenvalue weighted by atomic mass is 9.94. The smallest absolute Gasteiger partial charge is 0.330 e. The molecule has 4 heterocycles. The van der Waals surface area contributed by atoms with Gasteiger partial charge in [-0.25, -0.2) is 9.78 Å². The predicted molar refractivity (Wildman–Crippen MR) is 196 cm³/mol. The van der Waals surface area contributed by atoms with E-state index in [4.69, 9.17) is 14.5 Å². The molecule has 3 fully saturated rings. The van der Waals surface area contributed by atoms with Crippen molar-refractivity contribution in [3.8, 4) is 22.8 Å². The van der Waals surface area contributed by atoms with Gasteiger partial charge in [0.1, 0.15) is 29.2 Å². The molecule has 52 heavy (non-hydrogen) atoms. The van der Waals surface area contributed by atoms with Crippen LogP contribution in [0, 0.1) is 11.8 Å². The van der Waals surface area contributed by atoms with Crippen molar-refractivity contribution in [1.29, 1.82) is 0 Å². The van der Waals surface area contributed by atoms with Gasteiger partial charge in [-0.3, -0.25) is 14.4 Å². The lowest BCUT2D eigenvalue weighted by Gasteiger charge is -2.31. The third kappa shape index (κ3) is 7.49. The summed E-state index contributed by atoms with van der Waals surface area (Å²) in [5, 5.41) is 13.8. The van der Waals surface area contributed by atoms with Crippen LogP contribution in [0.3, 0.4) is 0 Å². The average Bonchev–Trinajstić information content (AvgIpc) is 3.70. The van der Waals surface area contributed by atoms with Crippen molar-refractivity contribution in [2.24, 2.45) is 11.8 Å². The minimum Gasteiger partial charge on any atom is -0.497 e. The number of allylic oxidation sites excluding steroid dienone is 1. The first-order valence-corrected chi connectivity index (χ1v) is 18.8. The molecule has 11 heteroatoms. The Kier molecular flexibility index (Phi) is 10.5. The largest absolute Gasteiger partial charge is 0.497 e. The van der Waals surface area contributed by atoms with Crippen LogP contribution in [0.1, 0.15) is 70.6 Å². The minimum atomic E-state index is -1.41. The Morgan fingerprint density at radius 3 is 2.56 bits per heavy atom. The van der Waals surface area contributed by atoms with Gasteiger partial charge in [0.15, 0.2) is 0 Å². The maximum absolute atomic E-state index is 14.6. The minimum absolute atomic E-state index is 0.0252. The number of aliphatic carboxylic acids is 1. The fourth-order valence-corrected chi connectivity index (χ4v) is 8.10. The van der Waals surface area contributed by atoms with Gasteiger partial charge in [0.05, 0.1) is 24.9 Å². The highest BCUT2D eigenvalue weighted by atomic mass is 16.5. The van der Waals surface area contributed by atoms with Gasteiger partial charge < -0.3 is 29.7 Å². The number of likely N-dealkylation sites (tertiary alicyclic amines) is 1. The maximum Gasteiger partial charge on any atom is 0.330 e. The van der Waals surface area contributed by atoms with Crippen molar-refractivity contribution in [2.75, 3.05) is 26.7 Å². The van der Waals surface area contributed by atoms with Crippen LogP contribution in [0.2, 0.25) is 0 Å². The normalized spacial score (nSPS) is 27.4. The number of ether oxygens (including phenoxy) is 2. The van der Waals surface area contributed by atoms with Gasteiger partial charge in [0.25, 0.3) is 0 Å². The van der Waals surface area contributed by atoms with E-state index in [0.717, 1.165) is 61.6 Å². The van der Waals surface area contributed by atoms with Gasteiger partial charge in [-0.2, -0.15) is 0 Å². The van der Waals surface area contributed by atoms with Crippen molar-refractivity contribution in [2.45, 2.75) is 88.3 Å². The molecule has 274 valence electrons. The number of amides is 3. The first-order chi connectivity index (χ1) is 25.3. The Hall–Kier alpha value is -4.93.